The van der Waals surface area contributed by atoms with Crippen LogP contribution >= 0.6 is 0 Å². The molecule has 0 aromatic heterocycles. The van der Waals surface area contributed by atoms with Crippen LogP contribution in [0.4, 0.5) is 0 Å². The van der Waals surface area contributed by atoms with E-state index >= 15 is 0 Å². The van der Waals surface area contributed by atoms with Crippen molar-refractivity contribution in [2.45, 2.75) is 370 Å². The van der Waals surface area contributed by atoms with Gasteiger partial charge >= 0.3 is 5.97 Å². The van der Waals surface area contributed by atoms with Crippen molar-refractivity contribution in [3.8, 4) is 0 Å². The molecule has 0 aromatic rings. The van der Waals surface area contributed by atoms with Crippen LogP contribution in [0.1, 0.15) is 303 Å². The van der Waals surface area contributed by atoms with Crippen molar-refractivity contribution in [2.24, 2.45) is 0 Å². The Morgan fingerprint density at radius 2 is 0.679 bits per heavy atom. The van der Waals surface area contributed by atoms with Crippen molar-refractivity contribution in [2.75, 3.05) is 33.0 Å². The summed E-state index contributed by atoms with van der Waals surface area (Å²) < 4.78 is 34.5. The van der Waals surface area contributed by atoms with E-state index in [4.69, 9.17) is 28.4 Å². The van der Waals surface area contributed by atoms with Crippen LogP contribution in [0.3, 0.4) is 0 Å². The fourth-order valence-electron chi connectivity index (χ4n) is 11.1. The SMILES string of the molecule is CCCCCCCCCCCCCCCCCCCCCCCCCCCOCC(COC1OC(COC2OC(CO)C(O)C(O)C2O)C(O)C(O)C1O)OC(=O)CCCCCCCCCCCCCCCCCCCCC. The van der Waals surface area contributed by atoms with Gasteiger partial charge < -0.3 is 64.2 Å². The molecular formula is C64H124O14. The zero-order valence-corrected chi connectivity index (χ0v) is 50.2. The first-order chi connectivity index (χ1) is 38.1. The molecule has 0 spiro atoms. The molecule has 0 aliphatic carbocycles. The molecule has 2 heterocycles. The molecule has 464 valence electrons. The normalized spacial score (nSPS) is 24.0. The number of carbonyl (C=O) groups excluding carboxylic acids is 1. The molecule has 0 radical (unpaired) electrons. The van der Waals surface area contributed by atoms with E-state index in [9.17, 15) is 40.5 Å². The molecule has 11 atom stereocenters. The van der Waals surface area contributed by atoms with Crippen LogP contribution in [0.5, 0.6) is 0 Å². The summed E-state index contributed by atoms with van der Waals surface area (Å²) in [5.74, 6) is -0.365. The van der Waals surface area contributed by atoms with Crippen molar-refractivity contribution in [1.82, 2.24) is 0 Å². The number of hydrogen-bond acceptors (Lipinski definition) is 14. The molecule has 0 bridgehead atoms. The van der Waals surface area contributed by atoms with Gasteiger partial charge in [0.15, 0.2) is 12.6 Å². The smallest absolute Gasteiger partial charge is 0.306 e. The maximum atomic E-state index is 13.1. The van der Waals surface area contributed by atoms with E-state index in [2.05, 4.69) is 13.8 Å². The summed E-state index contributed by atoms with van der Waals surface area (Å²) in [7, 11) is 0. The van der Waals surface area contributed by atoms with Gasteiger partial charge in [0.1, 0.15) is 54.9 Å². The van der Waals surface area contributed by atoms with Gasteiger partial charge in [-0.3, -0.25) is 4.79 Å². The third-order valence-electron chi connectivity index (χ3n) is 16.4. The summed E-state index contributed by atoms with van der Waals surface area (Å²) in [6.45, 7) is 3.79. The molecule has 2 aliphatic rings. The van der Waals surface area contributed by atoms with Crippen LogP contribution in [0, 0.1) is 0 Å². The number of ether oxygens (including phenoxy) is 6. The Labute approximate surface area is 476 Å². The van der Waals surface area contributed by atoms with Crippen molar-refractivity contribution in [3.63, 3.8) is 0 Å². The molecule has 2 saturated heterocycles. The van der Waals surface area contributed by atoms with Crippen molar-refractivity contribution >= 4 is 5.97 Å². The highest BCUT2D eigenvalue weighted by molar-refractivity contribution is 5.69. The molecule has 2 rings (SSSR count). The molecule has 2 aliphatic heterocycles. The molecule has 78 heavy (non-hydrogen) atoms. The van der Waals surface area contributed by atoms with Gasteiger partial charge in [0.25, 0.3) is 0 Å². The number of rotatable bonds is 56. The molecule has 0 saturated carbocycles. The topological polar surface area (TPSA) is 214 Å². The van der Waals surface area contributed by atoms with E-state index < -0.39 is 80.7 Å². The minimum absolute atomic E-state index is 0.0714. The molecule has 14 nitrogen and oxygen atoms in total. The Kier molecular flexibility index (Phi) is 48.4. The average Bonchev–Trinajstić information content (AvgIpc) is 3.46. The fourth-order valence-corrected chi connectivity index (χ4v) is 11.1. The third-order valence-corrected chi connectivity index (χ3v) is 16.4. The van der Waals surface area contributed by atoms with Crippen LogP contribution in [-0.2, 0) is 33.2 Å². The second-order valence-corrected chi connectivity index (χ2v) is 23.7. The van der Waals surface area contributed by atoms with E-state index in [0.717, 1.165) is 44.9 Å². The number of esters is 1. The number of carbonyl (C=O) groups is 1. The lowest BCUT2D eigenvalue weighted by Gasteiger charge is -2.42. The second kappa shape index (κ2) is 51.6. The monoisotopic (exact) mass is 1120 g/mol. The summed E-state index contributed by atoms with van der Waals surface area (Å²) in [5.41, 5.74) is 0. The van der Waals surface area contributed by atoms with Crippen LogP contribution < -0.4 is 0 Å². The van der Waals surface area contributed by atoms with E-state index in [1.807, 2.05) is 0 Å². The second-order valence-electron chi connectivity index (χ2n) is 23.7. The molecule has 0 aromatic carbocycles. The Morgan fingerprint density at radius 3 is 1.04 bits per heavy atom. The minimum atomic E-state index is -1.70. The van der Waals surface area contributed by atoms with Crippen LogP contribution in [0.25, 0.3) is 0 Å². The zero-order chi connectivity index (χ0) is 56.5. The number of hydrogen-bond donors (Lipinski definition) is 7. The Morgan fingerprint density at radius 1 is 0.372 bits per heavy atom. The largest absolute Gasteiger partial charge is 0.457 e. The lowest BCUT2D eigenvalue weighted by Crippen LogP contribution is -2.61. The Bertz CT molecular complexity index is 1300. The van der Waals surface area contributed by atoms with Gasteiger partial charge in [-0.2, -0.15) is 0 Å². The first-order valence-corrected chi connectivity index (χ1v) is 33.1. The molecule has 14 heteroatoms. The summed E-state index contributed by atoms with van der Waals surface area (Å²) in [4.78, 5) is 13.1. The molecule has 2 fully saturated rings. The Balaban J connectivity index is 1.64. The number of aliphatic hydroxyl groups excluding tert-OH is 7. The summed E-state index contributed by atoms with van der Waals surface area (Å²) in [5, 5.41) is 72.5. The summed E-state index contributed by atoms with van der Waals surface area (Å²) in [6, 6.07) is 0. The number of aliphatic hydroxyl groups is 7. The first-order valence-electron chi connectivity index (χ1n) is 33.1. The van der Waals surface area contributed by atoms with Gasteiger partial charge in [0, 0.05) is 13.0 Å². The molecule has 0 amide bonds. The third kappa shape index (κ3) is 37.2. The van der Waals surface area contributed by atoms with E-state index in [-0.39, 0.29) is 25.6 Å². The van der Waals surface area contributed by atoms with Crippen molar-refractivity contribution in [1.29, 1.82) is 0 Å². The molecule has 7 N–H and O–H groups in total. The highest BCUT2D eigenvalue weighted by Gasteiger charge is 2.47. The van der Waals surface area contributed by atoms with E-state index in [1.165, 1.54) is 238 Å². The van der Waals surface area contributed by atoms with Gasteiger partial charge in [-0.1, -0.05) is 284 Å². The van der Waals surface area contributed by atoms with Gasteiger partial charge in [0.2, 0.25) is 0 Å². The maximum absolute atomic E-state index is 13.1. The first kappa shape index (κ1) is 73.1. The Hall–Kier alpha value is -1.01. The fraction of sp³-hybridized carbons (Fsp3) is 0.984. The molecular weight excluding hydrogens is 993 g/mol. The van der Waals surface area contributed by atoms with Crippen LogP contribution in [0.2, 0.25) is 0 Å². The van der Waals surface area contributed by atoms with Crippen molar-refractivity contribution in [3.05, 3.63) is 0 Å². The van der Waals surface area contributed by atoms with E-state index in [0.29, 0.717) is 6.61 Å². The highest BCUT2D eigenvalue weighted by Crippen LogP contribution is 2.27. The lowest BCUT2D eigenvalue weighted by molar-refractivity contribution is -0.332. The van der Waals surface area contributed by atoms with E-state index in [1.54, 1.807) is 0 Å². The summed E-state index contributed by atoms with van der Waals surface area (Å²) >= 11 is 0. The standard InChI is InChI=1S/C64H124O14/c1-3-5-7-9-11-13-15-17-19-21-23-24-25-26-27-28-30-32-34-36-38-40-42-44-46-48-73-50-53(76-56(66)47-45-43-41-39-37-35-33-31-29-22-20-18-16-14-12-10-8-6-4-2)51-74-63-62(72)60(70)58(68)55(78-63)52-75-64-61(71)59(69)57(67)54(49-65)77-64/h53-55,57-65,67-72H,3-52H2,1-2H3. The zero-order valence-electron chi connectivity index (χ0n) is 50.2. The predicted molar refractivity (Wildman–Crippen MR) is 312 cm³/mol. The summed E-state index contributed by atoms with van der Waals surface area (Å²) in [6.07, 6.45) is 41.8. The van der Waals surface area contributed by atoms with Crippen LogP contribution in [-0.4, -0.2) is 142 Å². The van der Waals surface area contributed by atoms with Gasteiger partial charge in [-0.25, -0.2) is 0 Å². The number of unbranched alkanes of at least 4 members (excludes halogenated alkanes) is 42. The highest BCUT2D eigenvalue weighted by atomic mass is 16.7. The van der Waals surface area contributed by atoms with Crippen LogP contribution in [0.15, 0.2) is 0 Å². The predicted octanol–water partition coefficient (Wildman–Crippen LogP) is 13.1. The lowest BCUT2D eigenvalue weighted by atomic mass is 9.98. The van der Waals surface area contributed by atoms with Crippen molar-refractivity contribution < 1.29 is 69.0 Å². The van der Waals surface area contributed by atoms with Gasteiger partial charge in [-0.05, 0) is 12.8 Å². The van der Waals surface area contributed by atoms with Gasteiger partial charge in [-0.15, -0.1) is 0 Å². The average molecular weight is 1120 g/mol. The maximum Gasteiger partial charge on any atom is 0.306 e. The minimum Gasteiger partial charge on any atom is -0.457 e. The van der Waals surface area contributed by atoms with Gasteiger partial charge in [0.05, 0.1) is 26.4 Å². The molecule has 11 unspecified atom stereocenters. The quantitative estimate of drug-likeness (QED) is 0.0223.